The van der Waals surface area contributed by atoms with Crippen LogP contribution in [-0.2, 0) is 0 Å². The van der Waals surface area contributed by atoms with Gasteiger partial charge in [0.2, 0.25) is 0 Å². The fourth-order valence-corrected chi connectivity index (χ4v) is 2.13. The van der Waals surface area contributed by atoms with Crippen molar-refractivity contribution in [2.45, 2.75) is 27.7 Å². The van der Waals surface area contributed by atoms with Gasteiger partial charge in [0.15, 0.2) is 0 Å². The van der Waals surface area contributed by atoms with Gasteiger partial charge in [-0.1, -0.05) is 17.7 Å². The second-order valence-electron chi connectivity index (χ2n) is 4.88. The number of H-pyrrole nitrogens is 1. The predicted octanol–water partition coefficient (Wildman–Crippen LogP) is 2.26. The molecule has 1 heterocycles. The number of carbonyl (C=O) groups excluding carboxylic acids is 1. The van der Waals surface area contributed by atoms with Gasteiger partial charge in [-0.3, -0.25) is 9.59 Å². The normalized spacial score (nSPS) is 10.4. The second kappa shape index (κ2) is 5.28. The van der Waals surface area contributed by atoms with Gasteiger partial charge in [0.05, 0.1) is 5.69 Å². The maximum atomic E-state index is 12.2. The molecule has 0 aliphatic heterocycles. The lowest BCUT2D eigenvalue weighted by Gasteiger charge is -2.10. The number of aromatic nitrogens is 2. The maximum Gasteiger partial charge on any atom is 0.264 e. The van der Waals surface area contributed by atoms with Gasteiger partial charge < -0.3 is 10.3 Å². The zero-order valence-electron chi connectivity index (χ0n) is 12.0. The Kier molecular flexibility index (Phi) is 3.70. The molecular formula is C15H17N3O2. The zero-order valence-corrected chi connectivity index (χ0v) is 12.0. The summed E-state index contributed by atoms with van der Waals surface area (Å²) in [7, 11) is 0. The van der Waals surface area contributed by atoms with E-state index < -0.39 is 11.5 Å². The van der Waals surface area contributed by atoms with Gasteiger partial charge in [-0.05, 0) is 39.3 Å². The number of benzene rings is 1. The van der Waals surface area contributed by atoms with Gasteiger partial charge in [-0.2, -0.15) is 0 Å². The number of anilines is 1. The van der Waals surface area contributed by atoms with Gasteiger partial charge in [0.1, 0.15) is 11.4 Å². The average Bonchev–Trinajstić information content (AvgIpc) is 2.31. The number of hydrogen-bond donors (Lipinski definition) is 2. The summed E-state index contributed by atoms with van der Waals surface area (Å²) in [6, 6.07) is 5.71. The van der Waals surface area contributed by atoms with E-state index in [4.69, 9.17) is 0 Å². The number of hydrogen-bond acceptors (Lipinski definition) is 3. The highest BCUT2D eigenvalue weighted by molar-refractivity contribution is 6.05. The van der Waals surface area contributed by atoms with E-state index in [2.05, 4.69) is 15.3 Å². The molecule has 1 aromatic heterocycles. The summed E-state index contributed by atoms with van der Waals surface area (Å²) in [6.45, 7) is 7.23. The first kappa shape index (κ1) is 14.0. The lowest BCUT2D eigenvalue weighted by molar-refractivity contribution is 0.102. The molecule has 1 amide bonds. The van der Waals surface area contributed by atoms with Crippen LogP contribution in [0.2, 0.25) is 0 Å². The summed E-state index contributed by atoms with van der Waals surface area (Å²) >= 11 is 0. The molecular weight excluding hydrogens is 254 g/mol. The van der Waals surface area contributed by atoms with Crippen LogP contribution < -0.4 is 10.9 Å². The number of rotatable bonds is 2. The Balaban J connectivity index is 2.36. The van der Waals surface area contributed by atoms with Crippen molar-refractivity contribution in [3.63, 3.8) is 0 Å². The summed E-state index contributed by atoms with van der Waals surface area (Å²) in [5, 5.41) is 2.76. The van der Waals surface area contributed by atoms with E-state index in [1.54, 1.807) is 13.8 Å². The molecule has 0 fully saturated rings. The standard InChI is InChI=1S/C15H17N3O2/c1-8-5-6-12(9(2)7-8)18-15(20)13-10(3)16-11(4)17-14(13)19/h5-7H,1-4H3,(H,18,20)(H,16,17,19). The van der Waals surface area contributed by atoms with Crippen molar-refractivity contribution < 1.29 is 4.79 Å². The number of nitrogens with one attached hydrogen (secondary N) is 2. The first-order chi connectivity index (χ1) is 9.38. The molecule has 20 heavy (non-hydrogen) atoms. The molecule has 104 valence electrons. The van der Waals surface area contributed by atoms with E-state index in [0.717, 1.165) is 11.1 Å². The van der Waals surface area contributed by atoms with Crippen LogP contribution in [0.4, 0.5) is 5.69 Å². The number of nitrogens with zero attached hydrogens (tertiary/aromatic N) is 1. The van der Waals surface area contributed by atoms with Crippen molar-refractivity contribution >= 4 is 11.6 Å². The minimum Gasteiger partial charge on any atom is -0.322 e. The number of amides is 1. The maximum absolute atomic E-state index is 12.2. The minimum absolute atomic E-state index is 0.0515. The Morgan fingerprint density at radius 3 is 2.50 bits per heavy atom. The summed E-state index contributed by atoms with van der Waals surface area (Å²) in [6.07, 6.45) is 0. The van der Waals surface area contributed by atoms with E-state index in [9.17, 15) is 9.59 Å². The van der Waals surface area contributed by atoms with Crippen LogP contribution in [0.15, 0.2) is 23.0 Å². The third-order valence-electron chi connectivity index (χ3n) is 3.08. The topological polar surface area (TPSA) is 74.8 Å². The summed E-state index contributed by atoms with van der Waals surface area (Å²) in [4.78, 5) is 30.8. The molecule has 5 nitrogen and oxygen atoms in total. The van der Waals surface area contributed by atoms with Crippen LogP contribution in [0.25, 0.3) is 0 Å². The molecule has 0 radical (unpaired) electrons. The SMILES string of the molecule is Cc1ccc(NC(=O)c2c(C)nc(C)[nH]c2=O)c(C)c1. The Hall–Kier alpha value is -2.43. The van der Waals surface area contributed by atoms with E-state index in [1.807, 2.05) is 32.0 Å². The highest BCUT2D eigenvalue weighted by atomic mass is 16.2. The lowest BCUT2D eigenvalue weighted by atomic mass is 10.1. The Morgan fingerprint density at radius 1 is 1.20 bits per heavy atom. The fraction of sp³-hybridized carbons (Fsp3) is 0.267. The molecule has 2 aromatic rings. The summed E-state index contributed by atoms with van der Waals surface area (Å²) in [5.41, 5.74) is 2.82. The van der Waals surface area contributed by atoms with E-state index >= 15 is 0 Å². The van der Waals surface area contributed by atoms with Crippen LogP contribution in [0, 0.1) is 27.7 Å². The lowest BCUT2D eigenvalue weighted by Crippen LogP contribution is -2.26. The van der Waals surface area contributed by atoms with Crippen molar-refractivity contribution in [3.8, 4) is 0 Å². The van der Waals surface area contributed by atoms with Crippen molar-refractivity contribution in [2.24, 2.45) is 0 Å². The molecule has 0 aliphatic rings. The molecule has 2 rings (SSSR count). The molecule has 1 aromatic carbocycles. The zero-order chi connectivity index (χ0) is 14.9. The third kappa shape index (κ3) is 2.77. The highest BCUT2D eigenvalue weighted by Crippen LogP contribution is 2.16. The average molecular weight is 271 g/mol. The fourth-order valence-electron chi connectivity index (χ4n) is 2.13. The molecule has 0 atom stereocenters. The summed E-state index contributed by atoms with van der Waals surface area (Å²) < 4.78 is 0. The van der Waals surface area contributed by atoms with Crippen molar-refractivity contribution in [1.29, 1.82) is 0 Å². The summed E-state index contributed by atoms with van der Waals surface area (Å²) in [5.74, 6) is 0.0544. The molecule has 0 aliphatic carbocycles. The highest BCUT2D eigenvalue weighted by Gasteiger charge is 2.16. The largest absolute Gasteiger partial charge is 0.322 e. The minimum atomic E-state index is -0.441. The van der Waals surface area contributed by atoms with E-state index in [1.165, 1.54) is 0 Å². The smallest absolute Gasteiger partial charge is 0.264 e. The molecule has 0 unspecified atom stereocenters. The van der Waals surface area contributed by atoms with E-state index in [0.29, 0.717) is 17.2 Å². The van der Waals surface area contributed by atoms with Crippen LogP contribution >= 0.6 is 0 Å². The molecule has 0 saturated heterocycles. The van der Waals surface area contributed by atoms with Crippen LogP contribution in [0.1, 0.15) is 33.0 Å². The third-order valence-corrected chi connectivity index (χ3v) is 3.08. The molecule has 0 saturated carbocycles. The predicted molar refractivity (Wildman–Crippen MR) is 78.2 cm³/mol. The first-order valence-corrected chi connectivity index (χ1v) is 6.34. The monoisotopic (exact) mass is 271 g/mol. The molecule has 0 bridgehead atoms. The van der Waals surface area contributed by atoms with Crippen molar-refractivity contribution in [3.05, 3.63) is 56.8 Å². The number of aromatic amines is 1. The van der Waals surface area contributed by atoms with Gasteiger partial charge in [0, 0.05) is 5.69 Å². The van der Waals surface area contributed by atoms with Gasteiger partial charge in [-0.15, -0.1) is 0 Å². The second-order valence-corrected chi connectivity index (χ2v) is 4.88. The Bertz CT molecular complexity index is 732. The first-order valence-electron chi connectivity index (χ1n) is 6.34. The van der Waals surface area contributed by atoms with Crippen molar-refractivity contribution in [1.82, 2.24) is 9.97 Å². The van der Waals surface area contributed by atoms with Crippen LogP contribution in [0.3, 0.4) is 0 Å². The van der Waals surface area contributed by atoms with Gasteiger partial charge in [-0.25, -0.2) is 4.98 Å². The number of aryl methyl sites for hydroxylation is 4. The molecule has 2 N–H and O–H groups in total. The number of carbonyl (C=O) groups is 1. The molecule has 5 heteroatoms. The van der Waals surface area contributed by atoms with Crippen LogP contribution in [-0.4, -0.2) is 15.9 Å². The van der Waals surface area contributed by atoms with Crippen molar-refractivity contribution in [2.75, 3.05) is 5.32 Å². The Labute approximate surface area is 117 Å². The Morgan fingerprint density at radius 2 is 1.90 bits per heavy atom. The quantitative estimate of drug-likeness (QED) is 0.879. The van der Waals surface area contributed by atoms with Crippen LogP contribution in [0.5, 0.6) is 0 Å². The molecule has 0 spiro atoms. The van der Waals surface area contributed by atoms with Gasteiger partial charge >= 0.3 is 0 Å². The van der Waals surface area contributed by atoms with E-state index in [-0.39, 0.29) is 5.56 Å². The van der Waals surface area contributed by atoms with Gasteiger partial charge in [0.25, 0.3) is 11.5 Å².